The van der Waals surface area contributed by atoms with Crippen LogP contribution in [0.1, 0.15) is 22.6 Å². The zero-order valence-electron chi connectivity index (χ0n) is 15.0. The summed E-state index contributed by atoms with van der Waals surface area (Å²) in [6, 6.07) is 17.2. The summed E-state index contributed by atoms with van der Waals surface area (Å²) in [4.78, 5) is 7.57. The van der Waals surface area contributed by atoms with E-state index >= 15 is 0 Å². The highest BCUT2D eigenvalue weighted by atomic mass is 32.1. The van der Waals surface area contributed by atoms with Crippen molar-refractivity contribution >= 4 is 45.3 Å². The lowest BCUT2D eigenvalue weighted by Gasteiger charge is -2.28. The fraction of sp³-hybridized carbons (Fsp3) is 0.167. The average molecular weight is 433 g/mol. The van der Waals surface area contributed by atoms with E-state index < -0.39 is 0 Å². The van der Waals surface area contributed by atoms with Crippen LogP contribution in [0.15, 0.2) is 59.3 Å². The van der Waals surface area contributed by atoms with Gasteiger partial charge in [-0.2, -0.15) is 0 Å². The zero-order valence-corrected chi connectivity index (χ0v) is 18.2. The first kappa shape index (κ1) is 18.0. The van der Waals surface area contributed by atoms with E-state index in [2.05, 4.69) is 83.0 Å². The molecule has 0 aliphatic heterocycles. The summed E-state index contributed by atoms with van der Waals surface area (Å²) in [7, 11) is 0. The molecule has 4 heterocycles. The van der Waals surface area contributed by atoms with E-state index in [-0.39, 0.29) is 0 Å². The fourth-order valence-corrected chi connectivity index (χ4v) is 6.49. The Morgan fingerprint density at radius 1 is 0.607 bits per heavy atom. The molecule has 1 fully saturated rings. The van der Waals surface area contributed by atoms with Gasteiger partial charge in [0, 0.05) is 31.3 Å². The smallest absolute Gasteiger partial charge is 0.0775 e. The highest BCUT2D eigenvalue weighted by Crippen LogP contribution is 2.35. The molecule has 0 radical (unpaired) electrons. The first-order valence-corrected chi connectivity index (χ1v) is 12.5. The molecule has 4 heteroatoms. The summed E-state index contributed by atoms with van der Waals surface area (Å²) < 4.78 is 0. The monoisotopic (exact) mass is 432 g/mol. The van der Waals surface area contributed by atoms with Crippen molar-refractivity contribution in [3.8, 4) is 43.2 Å². The lowest BCUT2D eigenvalue weighted by Crippen LogP contribution is -2.22. The summed E-state index contributed by atoms with van der Waals surface area (Å²) in [5.74, 6) is 14.6. The lowest BCUT2D eigenvalue weighted by atomic mass is 9.74. The molecule has 0 amide bonds. The van der Waals surface area contributed by atoms with E-state index in [1.807, 2.05) is 0 Å². The van der Waals surface area contributed by atoms with E-state index in [0.29, 0.717) is 11.8 Å². The van der Waals surface area contributed by atoms with Crippen LogP contribution in [0.3, 0.4) is 0 Å². The summed E-state index contributed by atoms with van der Waals surface area (Å²) >= 11 is 7.13. The van der Waals surface area contributed by atoms with Crippen molar-refractivity contribution in [2.75, 3.05) is 0 Å². The predicted octanol–water partition coefficient (Wildman–Crippen LogP) is 7.70. The van der Waals surface area contributed by atoms with Gasteiger partial charge in [0.2, 0.25) is 0 Å². The Kier molecular flexibility index (Phi) is 5.21. The van der Waals surface area contributed by atoms with Gasteiger partial charge in [0.15, 0.2) is 0 Å². The van der Waals surface area contributed by atoms with E-state index in [9.17, 15) is 0 Å². The summed E-state index contributed by atoms with van der Waals surface area (Å²) in [5, 5.41) is 4.24. The predicted molar refractivity (Wildman–Crippen MR) is 125 cm³/mol. The number of hydrogen-bond acceptors (Lipinski definition) is 4. The minimum absolute atomic E-state index is 0.413. The van der Waals surface area contributed by atoms with Gasteiger partial charge in [-0.3, -0.25) is 0 Å². The minimum atomic E-state index is 0.413. The maximum atomic E-state index is 3.47. The van der Waals surface area contributed by atoms with Gasteiger partial charge in [-0.05, 0) is 60.0 Å². The van der Waals surface area contributed by atoms with Crippen LogP contribution in [0.4, 0.5) is 0 Å². The molecule has 2 atom stereocenters. The summed E-state index contributed by atoms with van der Waals surface area (Å²) in [5.41, 5.74) is 0. The summed E-state index contributed by atoms with van der Waals surface area (Å²) in [6.45, 7) is 0. The van der Waals surface area contributed by atoms with Crippen molar-refractivity contribution in [1.82, 2.24) is 0 Å². The topological polar surface area (TPSA) is 0 Å². The van der Waals surface area contributed by atoms with Crippen LogP contribution in [0.25, 0.3) is 19.5 Å². The Labute approximate surface area is 181 Å². The fourth-order valence-electron chi connectivity index (χ4n) is 3.09. The van der Waals surface area contributed by atoms with Crippen molar-refractivity contribution < 1.29 is 0 Å². The van der Waals surface area contributed by atoms with Crippen molar-refractivity contribution in [3.63, 3.8) is 0 Å². The van der Waals surface area contributed by atoms with E-state index in [1.54, 1.807) is 45.3 Å². The van der Waals surface area contributed by atoms with E-state index in [4.69, 9.17) is 0 Å². The van der Waals surface area contributed by atoms with Gasteiger partial charge in [-0.1, -0.05) is 35.8 Å². The average Bonchev–Trinajstić information content (AvgIpc) is 3.48. The van der Waals surface area contributed by atoms with Gasteiger partial charge < -0.3 is 0 Å². The largest absolute Gasteiger partial charge is 0.143 e. The van der Waals surface area contributed by atoms with Crippen LogP contribution < -0.4 is 0 Å². The Balaban J connectivity index is 1.25. The maximum absolute atomic E-state index is 3.47. The molecule has 1 aliphatic rings. The van der Waals surface area contributed by atoms with E-state index in [1.165, 1.54) is 32.4 Å². The SMILES string of the molecule is C(#C[C@@H]1CC[C@@H]1C#Cc1ccc(-c2cccs2)s1)c1ccc(-c2cccs2)s1. The molecule has 4 aromatic rings. The molecule has 4 aromatic heterocycles. The Bertz CT molecular complexity index is 1080. The third-order valence-electron chi connectivity index (χ3n) is 4.78. The zero-order chi connectivity index (χ0) is 18.8. The number of thiophene rings is 4. The summed E-state index contributed by atoms with van der Waals surface area (Å²) in [6.07, 6.45) is 2.33. The third kappa shape index (κ3) is 3.88. The number of rotatable bonds is 2. The standard InChI is InChI=1S/C24H16S4/c1-3-21(25-15-1)23-13-11-19(27-23)9-7-17-5-6-18(17)8-10-20-12-14-24(28-20)22-4-2-16-26-22/h1-4,11-18H,5-6H2/t17-,18+. The van der Waals surface area contributed by atoms with Crippen molar-refractivity contribution in [1.29, 1.82) is 0 Å². The molecule has 0 N–H and O–H groups in total. The van der Waals surface area contributed by atoms with Gasteiger partial charge >= 0.3 is 0 Å². The molecule has 1 aliphatic carbocycles. The molecule has 0 nitrogen and oxygen atoms in total. The minimum Gasteiger partial charge on any atom is -0.143 e. The van der Waals surface area contributed by atoms with Crippen molar-refractivity contribution in [2.24, 2.45) is 11.8 Å². The molecule has 1 saturated carbocycles. The quantitative estimate of drug-likeness (QED) is 0.285. The second-order valence-corrected chi connectivity index (χ2v) is 10.7. The highest BCUT2D eigenvalue weighted by Gasteiger charge is 2.27. The molecule has 0 saturated heterocycles. The molecule has 136 valence electrons. The van der Waals surface area contributed by atoms with Gasteiger partial charge in [0.25, 0.3) is 0 Å². The number of hydrogen-bond donors (Lipinski definition) is 0. The van der Waals surface area contributed by atoms with Gasteiger partial charge in [-0.25, -0.2) is 0 Å². The van der Waals surface area contributed by atoms with Gasteiger partial charge in [0.1, 0.15) is 0 Å². The molecule has 28 heavy (non-hydrogen) atoms. The van der Waals surface area contributed by atoms with Crippen molar-refractivity contribution in [3.05, 3.63) is 69.0 Å². The Hall–Kier alpha value is -2.08. The lowest BCUT2D eigenvalue weighted by molar-refractivity contribution is 0.310. The van der Waals surface area contributed by atoms with Gasteiger partial charge in [-0.15, -0.1) is 45.3 Å². The Morgan fingerprint density at radius 2 is 1.11 bits per heavy atom. The normalized spacial score (nSPS) is 17.9. The molecule has 0 unspecified atom stereocenters. The first-order valence-electron chi connectivity index (χ1n) is 9.16. The molecular formula is C24H16S4. The van der Waals surface area contributed by atoms with E-state index in [0.717, 1.165) is 9.75 Å². The molecule has 0 bridgehead atoms. The molecular weight excluding hydrogens is 417 g/mol. The maximum Gasteiger partial charge on any atom is 0.0775 e. The van der Waals surface area contributed by atoms with Crippen molar-refractivity contribution in [2.45, 2.75) is 12.8 Å². The molecule has 5 rings (SSSR count). The highest BCUT2D eigenvalue weighted by molar-refractivity contribution is 7.22. The van der Waals surface area contributed by atoms with Crippen LogP contribution in [-0.2, 0) is 0 Å². The van der Waals surface area contributed by atoms with Gasteiger partial charge in [0.05, 0.1) is 9.75 Å². The van der Waals surface area contributed by atoms with Crippen LogP contribution in [0.5, 0.6) is 0 Å². The molecule has 0 aromatic carbocycles. The van der Waals surface area contributed by atoms with Crippen LogP contribution in [-0.4, -0.2) is 0 Å². The first-order chi connectivity index (χ1) is 13.8. The van der Waals surface area contributed by atoms with Crippen LogP contribution >= 0.6 is 45.3 Å². The molecule has 0 spiro atoms. The van der Waals surface area contributed by atoms with Crippen LogP contribution in [0, 0.1) is 35.5 Å². The van der Waals surface area contributed by atoms with Crippen LogP contribution in [0.2, 0.25) is 0 Å². The second-order valence-electron chi connectivity index (χ2n) is 6.61. The second kappa shape index (κ2) is 8.11. The third-order valence-corrected chi connectivity index (χ3v) is 8.91. The Morgan fingerprint density at radius 3 is 1.50 bits per heavy atom.